The van der Waals surface area contributed by atoms with Crippen LogP contribution in [0.5, 0.6) is 0 Å². The number of hydrogen-bond donors (Lipinski definition) is 0. The molecule has 0 aliphatic carbocycles. The van der Waals surface area contributed by atoms with E-state index in [1.54, 1.807) is 19.1 Å². The van der Waals surface area contributed by atoms with Crippen molar-refractivity contribution in [2.45, 2.75) is 33.6 Å². The van der Waals surface area contributed by atoms with E-state index in [0.29, 0.717) is 11.5 Å². The van der Waals surface area contributed by atoms with Crippen molar-refractivity contribution in [3.8, 4) is 11.4 Å². The van der Waals surface area contributed by atoms with Crippen molar-refractivity contribution in [2.75, 3.05) is 6.61 Å². The summed E-state index contributed by atoms with van der Waals surface area (Å²) < 4.78 is 31.2. The normalized spacial score (nSPS) is 11.1. The van der Waals surface area contributed by atoms with Crippen LogP contribution in [0.4, 0.5) is 8.78 Å². The monoisotopic (exact) mass is 334 g/mol. The van der Waals surface area contributed by atoms with Crippen LogP contribution >= 0.6 is 0 Å². The Hall–Kier alpha value is -2.37. The van der Waals surface area contributed by atoms with Crippen LogP contribution in [-0.4, -0.2) is 22.5 Å². The third-order valence-electron chi connectivity index (χ3n) is 3.38. The molecule has 2 rings (SSSR count). The number of carbonyl (C=O) groups is 1. The maximum Gasteiger partial charge on any atom is 0.341 e. The Morgan fingerprint density at radius 1 is 1.21 bits per heavy atom. The summed E-state index contributed by atoms with van der Waals surface area (Å²) >= 11 is 0. The van der Waals surface area contributed by atoms with Gasteiger partial charge in [0, 0.05) is 11.8 Å². The third kappa shape index (κ3) is 4.34. The molecule has 1 aromatic heterocycles. The molecule has 0 aliphatic rings. The Bertz CT molecular complexity index is 701. The minimum Gasteiger partial charge on any atom is -0.462 e. The number of ether oxygens (including phenoxy) is 1. The number of carbonyl (C=O) groups excluding carboxylic acids is 1. The number of nitrogens with zero attached hydrogens (tertiary/aromatic N) is 2. The van der Waals surface area contributed by atoms with Crippen LogP contribution in [0.3, 0.4) is 0 Å². The summed E-state index contributed by atoms with van der Waals surface area (Å²) in [6.07, 6.45) is -0.846. The van der Waals surface area contributed by atoms with Gasteiger partial charge in [0.15, 0.2) is 5.82 Å². The zero-order valence-electron chi connectivity index (χ0n) is 13.9. The number of benzene rings is 1. The summed E-state index contributed by atoms with van der Waals surface area (Å²) in [6.45, 7) is 5.95. The Morgan fingerprint density at radius 2 is 1.88 bits per heavy atom. The first-order valence-electron chi connectivity index (χ1n) is 7.83. The molecule has 1 aromatic carbocycles. The van der Waals surface area contributed by atoms with Crippen LogP contribution in [-0.2, 0) is 11.2 Å². The molecule has 0 aliphatic heterocycles. The molecular formula is C18H20F2N2O2. The topological polar surface area (TPSA) is 52.1 Å². The van der Waals surface area contributed by atoms with E-state index in [-0.39, 0.29) is 18.0 Å². The zero-order valence-corrected chi connectivity index (χ0v) is 13.9. The molecular weight excluding hydrogens is 314 g/mol. The summed E-state index contributed by atoms with van der Waals surface area (Å²) in [7, 11) is 0. The van der Waals surface area contributed by atoms with E-state index >= 15 is 0 Å². The van der Waals surface area contributed by atoms with Gasteiger partial charge in [0.1, 0.15) is 11.3 Å². The second kappa shape index (κ2) is 7.95. The van der Waals surface area contributed by atoms with E-state index in [0.717, 1.165) is 18.2 Å². The quantitative estimate of drug-likeness (QED) is 0.732. The highest BCUT2D eigenvalue weighted by Gasteiger charge is 2.23. The molecule has 0 amide bonds. The number of halogens is 2. The van der Waals surface area contributed by atoms with E-state index in [9.17, 15) is 13.6 Å². The Balaban J connectivity index is 2.34. The van der Waals surface area contributed by atoms with Gasteiger partial charge in [0.05, 0.1) is 6.61 Å². The van der Waals surface area contributed by atoms with Gasteiger partial charge in [0.25, 0.3) is 6.43 Å². The first-order chi connectivity index (χ1) is 11.4. The van der Waals surface area contributed by atoms with E-state index in [1.807, 2.05) is 12.1 Å². The molecule has 0 bridgehead atoms. The molecule has 0 atom stereocenters. The lowest BCUT2D eigenvalue weighted by Gasteiger charge is -2.10. The first-order valence-corrected chi connectivity index (χ1v) is 7.83. The van der Waals surface area contributed by atoms with E-state index < -0.39 is 18.1 Å². The maximum atomic E-state index is 13.2. The molecule has 24 heavy (non-hydrogen) atoms. The Kier molecular flexibility index (Phi) is 5.95. The minimum absolute atomic E-state index is 0.0978. The average molecular weight is 334 g/mol. The largest absolute Gasteiger partial charge is 0.462 e. The predicted octanol–water partition coefficient (Wildman–Crippen LogP) is 4.46. The number of rotatable bonds is 6. The van der Waals surface area contributed by atoms with Crippen molar-refractivity contribution in [1.82, 2.24) is 9.97 Å². The molecule has 128 valence electrons. The summed E-state index contributed by atoms with van der Waals surface area (Å²) in [5.74, 6) is -0.150. The molecule has 0 radical (unpaired) electrons. The molecule has 2 aromatic rings. The third-order valence-corrected chi connectivity index (χ3v) is 3.38. The maximum absolute atomic E-state index is 13.2. The van der Waals surface area contributed by atoms with Gasteiger partial charge in [-0.15, -0.1) is 0 Å². The van der Waals surface area contributed by atoms with Gasteiger partial charge in [-0.1, -0.05) is 38.1 Å². The fourth-order valence-corrected chi connectivity index (χ4v) is 2.33. The number of aromatic nitrogens is 2. The number of esters is 1. The summed E-state index contributed by atoms with van der Waals surface area (Å²) in [4.78, 5) is 19.6. The molecule has 6 heteroatoms. The van der Waals surface area contributed by atoms with Crippen molar-refractivity contribution in [3.05, 3.63) is 47.3 Å². The highest BCUT2D eigenvalue weighted by molar-refractivity contribution is 5.90. The molecule has 0 N–H and O–H groups in total. The summed E-state index contributed by atoms with van der Waals surface area (Å²) in [6, 6.07) is 7.46. The SMILES string of the molecule is CCOC(=O)c1cnc(-c2ccc(CC(C)C)cc2)nc1C(F)F. The highest BCUT2D eigenvalue weighted by atomic mass is 19.3. The molecule has 1 heterocycles. The molecule has 0 spiro atoms. The van der Waals surface area contributed by atoms with Crippen LogP contribution in [0, 0.1) is 5.92 Å². The van der Waals surface area contributed by atoms with Gasteiger partial charge in [-0.25, -0.2) is 23.5 Å². The van der Waals surface area contributed by atoms with Crippen LogP contribution < -0.4 is 0 Å². The highest BCUT2D eigenvalue weighted by Crippen LogP contribution is 2.25. The smallest absolute Gasteiger partial charge is 0.341 e. The average Bonchev–Trinajstić information content (AvgIpc) is 2.54. The second-order valence-electron chi connectivity index (χ2n) is 5.81. The fraction of sp³-hybridized carbons (Fsp3) is 0.389. The summed E-state index contributed by atoms with van der Waals surface area (Å²) in [5, 5.41) is 0. The zero-order chi connectivity index (χ0) is 17.7. The van der Waals surface area contributed by atoms with Crippen molar-refractivity contribution in [1.29, 1.82) is 0 Å². The van der Waals surface area contributed by atoms with Crippen molar-refractivity contribution in [2.24, 2.45) is 5.92 Å². The van der Waals surface area contributed by atoms with E-state index in [2.05, 4.69) is 23.8 Å². The lowest BCUT2D eigenvalue weighted by molar-refractivity contribution is 0.0513. The lowest BCUT2D eigenvalue weighted by atomic mass is 10.0. The molecule has 0 unspecified atom stereocenters. The second-order valence-corrected chi connectivity index (χ2v) is 5.81. The van der Waals surface area contributed by atoms with Crippen LogP contribution in [0.15, 0.2) is 30.5 Å². The Morgan fingerprint density at radius 3 is 2.42 bits per heavy atom. The van der Waals surface area contributed by atoms with Crippen LogP contribution in [0.25, 0.3) is 11.4 Å². The van der Waals surface area contributed by atoms with Gasteiger partial charge in [-0.3, -0.25) is 0 Å². The van der Waals surface area contributed by atoms with E-state index in [1.165, 1.54) is 0 Å². The van der Waals surface area contributed by atoms with Gasteiger partial charge in [-0.2, -0.15) is 0 Å². The number of alkyl halides is 2. The van der Waals surface area contributed by atoms with Crippen LogP contribution in [0.2, 0.25) is 0 Å². The standard InChI is InChI=1S/C18H20F2N2O2/c1-4-24-18(23)14-10-21-17(22-15(14)16(19)20)13-7-5-12(6-8-13)9-11(2)3/h5-8,10-11,16H,4,9H2,1-3H3. The molecule has 0 saturated carbocycles. The van der Waals surface area contributed by atoms with Gasteiger partial charge >= 0.3 is 5.97 Å². The van der Waals surface area contributed by atoms with Crippen molar-refractivity contribution >= 4 is 5.97 Å². The van der Waals surface area contributed by atoms with Crippen molar-refractivity contribution in [3.63, 3.8) is 0 Å². The molecule has 0 fully saturated rings. The van der Waals surface area contributed by atoms with E-state index in [4.69, 9.17) is 4.74 Å². The van der Waals surface area contributed by atoms with Crippen molar-refractivity contribution < 1.29 is 18.3 Å². The van der Waals surface area contributed by atoms with Gasteiger partial charge in [-0.05, 0) is 24.8 Å². The fourth-order valence-electron chi connectivity index (χ4n) is 2.33. The summed E-state index contributed by atoms with van der Waals surface area (Å²) in [5.41, 5.74) is 0.877. The molecule has 4 nitrogen and oxygen atoms in total. The number of hydrogen-bond acceptors (Lipinski definition) is 4. The van der Waals surface area contributed by atoms with Gasteiger partial charge < -0.3 is 4.74 Å². The lowest BCUT2D eigenvalue weighted by Crippen LogP contribution is -2.11. The minimum atomic E-state index is -2.88. The van der Waals surface area contributed by atoms with Crippen LogP contribution in [0.1, 0.15) is 48.8 Å². The van der Waals surface area contributed by atoms with Gasteiger partial charge in [0.2, 0.25) is 0 Å². The first kappa shape index (κ1) is 18.0. The Labute approximate surface area is 139 Å². The molecule has 0 saturated heterocycles. The predicted molar refractivity (Wildman–Crippen MR) is 86.9 cm³/mol.